The van der Waals surface area contributed by atoms with Gasteiger partial charge in [0.25, 0.3) is 0 Å². The summed E-state index contributed by atoms with van der Waals surface area (Å²) in [5, 5.41) is 10.3. The van der Waals surface area contributed by atoms with Crippen molar-refractivity contribution in [2.24, 2.45) is 0 Å². The summed E-state index contributed by atoms with van der Waals surface area (Å²) < 4.78 is 23.9. The third-order valence-electron chi connectivity index (χ3n) is 3.25. The van der Waals surface area contributed by atoms with Crippen LogP contribution in [-0.4, -0.2) is 4.37 Å². The molecule has 0 saturated carbocycles. The van der Waals surface area contributed by atoms with Crippen LogP contribution in [0.15, 0.2) is 42.5 Å². The standard InChI is InChI=1S/C17H10ClFN2OS/c1-10-6-7-11(18)8-15(10)22-17-13(9-20)16(21-23-17)12-4-2-3-5-14(12)19/h2-8H,1H3. The molecule has 2 aromatic carbocycles. The fourth-order valence-corrected chi connectivity index (χ4v) is 2.95. The molecule has 0 N–H and O–H groups in total. The van der Waals surface area contributed by atoms with Gasteiger partial charge >= 0.3 is 0 Å². The molecule has 0 unspecified atom stereocenters. The summed E-state index contributed by atoms with van der Waals surface area (Å²) in [6.07, 6.45) is 0. The van der Waals surface area contributed by atoms with Gasteiger partial charge in [-0.25, -0.2) is 4.39 Å². The minimum absolute atomic E-state index is 0.208. The Bertz CT molecular complexity index is 917. The molecule has 6 heteroatoms. The van der Waals surface area contributed by atoms with Crippen LogP contribution in [-0.2, 0) is 0 Å². The van der Waals surface area contributed by atoms with E-state index in [4.69, 9.17) is 16.3 Å². The van der Waals surface area contributed by atoms with Crippen LogP contribution in [0, 0.1) is 24.1 Å². The Hall–Kier alpha value is -2.42. The summed E-state index contributed by atoms with van der Waals surface area (Å²) in [7, 11) is 0. The van der Waals surface area contributed by atoms with Gasteiger partial charge in [-0.15, -0.1) is 0 Å². The maximum absolute atomic E-state index is 13.9. The van der Waals surface area contributed by atoms with E-state index in [1.807, 2.05) is 19.1 Å². The highest BCUT2D eigenvalue weighted by Crippen LogP contribution is 2.38. The Labute approximate surface area is 141 Å². The highest BCUT2D eigenvalue weighted by atomic mass is 35.5. The summed E-state index contributed by atoms with van der Waals surface area (Å²) >= 11 is 6.98. The topological polar surface area (TPSA) is 45.9 Å². The number of benzene rings is 2. The highest BCUT2D eigenvalue weighted by molar-refractivity contribution is 7.08. The van der Waals surface area contributed by atoms with Gasteiger partial charge in [0.05, 0.1) is 0 Å². The van der Waals surface area contributed by atoms with Crippen molar-refractivity contribution in [1.29, 1.82) is 5.26 Å². The molecule has 0 spiro atoms. The van der Waals surface area contributed by atoms with Gasteiger partial charge in [-0.1, -0.05) is 29.8 Å². The smallest absolute Gasteiger partial charge is 0.218 e. The number of aryl methyl sites for hydroxylation is 1. The molecule has 3 aromatic rings. The van der Waals surface area contributed by atoms with E-state index in [2.05, 4.69) is 4.37 Å². The average molecular weight is 345 g/mol. The predicted molar refractivity (Wildman–Crippen MR) is 88.5 cm³/mol. The molecule has 23 heavy (non-hydrogen) atoms. The first-order chi connectivity index (χ1) is 11.1. The van der Waals surface area contributed by atoms with Gasteiger partial charge < -0.3 is 4.74 Å². The van der Waals surface area contributed by atoms with Crippen molar-refractivity contribution < 1.29 is 9.13 Å². The quantitative estimate of drug-likeness (QED) is 0.623. The predicted octanol–water partition coefficient (Wildman–Crippen LogP) is 5.58. The third-order valence-corrected chi connectivity index (χ3v) is 4.22. The number of hydrogen-bond acceptors (Lipinski definition) is 4. The van der Waals surface area contributed by atoms with Crippen LogP contribution in [0.2, 0.25) is 5.02 Å². The molecule has 0 saturated heterocycles. The van der Waals surface area contributed by atoms with E-state index in [1.165, 1.54) is 6.07 Å². The molecule has 3 rings (SSSR count). The van der Waals surface area contributed by atoms with E-state index >= 15 is 0 Å². The zero-order valence-corrected chi connectivity index (χ0v) is 13.6. The second kappa shape index (κ2) is 6.37. The Morgan fingerprint density at radius 2 is 2.04 bits per heavy atom. The van der Waals surface area contributed by atoms with Crippen molar-refractivity contribution in [3.63, 3.8) is 0 Å². The Morgan fingerprint density at radius 3 is 2.78 bits per heavy atom. The molecule has 1 heterocycles. The van der Waals surface area contributed by atoms with Crippen molar-refractivity contribution in [1.82, 2.24) is 4.37 Å². The average Bonchev–Trinajstić information content (AvgIpc) is 2.94. The maximum atomic E-state index is 13.9. The minimum Gasteiger partial charge on any atom is -0.443 e. The summed E-state index contributed by atoms with van der Waals surface area (Å²) in [6, 6.07) is 13.5. The first-order valence-corrected chi connectivity index (χ1v) is 7.84. The van der Waals surface area contributed by atoms with Gasteiger partial charge in [-0.05, 0) is 36.8 Å². The molecule has 0 aliphatic heterocycles. The lowest BCUT2D eigenvalue weighted by Gasteiger charge is -2.07. The van der Waals surface area contributed by atoms with Crippen molar-refractivity contribution in [3.8, 4) is 28.1 Å². The highest BCUT2D eigenvalue weighted by Gasteiger charge is 2.20. The molecule has 0 fully saturated rings. The Balaban J connectivity index is 2.04. The molecule has 0 bridgehead atoms. The van der Waals surface area contributed by atoms with Crippen LogP contribution in [0.3, 0.4) is 0 Å². The van der Waals surface area contributed by atoms with Gasteiger partial charge in [0, 0.05) is 22.1 Å². The summed E-state index contributed by atoms with van der Waals surface area (Å²) in [5.41, 5.74) is 1.64. The lowest BCUT2D eigenvalue weighted by Crippen LogP contribution is -1.90. The molecular formula is C17H10ClFN2OS. The molecule has 0 aliphatic rings. The first-order valence-electron chi connectivity index (χ1n) is 6.69. The zero-order valence-electron chi connectivity index (χ0n) is 12.0. The number of hydrogen-bond donors (Lipinski definition) is 0. The fourth-order valence-electron chi connectivity index (χ4n) is 2.06. The molecule has 0 amide bonds. The molecule has 0 aliphatic carbocycles. The first kappa shape index (κ1) is 15.5. The summed E-state index contributed by atoms with van der Waals surface area (Å²) in [6.45, 7) is 1.87. The number of rotatable bonds is 3. The van der Waals surface area contributed by atoms with Gasteiger partial charge in [-0.2, -0.15) is 9.64 Å². The Kier molecular flexibility index (Phi) is 4.28. The normalized spacial score (nSPS) is 10.3. The zero-order chi connectivity index (χ0) is 16.4. The van der Waals surface area contributed by atoms with Gasteiger partial charge in [0.1, 0.15) is 28.9 Å². The molecular weight excluding hydrogens is 335 g/mol. The number of nitriles is 1. The third kappa shape index (κ3) is 3.04. The van der Waals surface area contributed by atoms with Crippen molar-refractivity contribution in [2.45, 2.75) is 6.92 Å². The maximum Gasteiger partial charge on any atom is 0.218 e. The number of halogens is 2. The van der Waals surface area contributed by atoms with Crippen molar-refractivity contribution in [3.05, 3.63) is 64.4 Å². The van der Waals surface area contributed by atoms with Crippen LogP contribution >= 0.6 is 23.1 Å². The van der Waals surface area contributed by atoms with Gasteiger partial charge in [0.2, 0.25) is 5.06 Å². The van der Waals surface area contributed by atoms with Crippen LogP contribution in [0.5, 0.6) is 10.8 Å². The van der Waals surface area contributed by atoms with Crippen LogP contribution in [0.1, 0.15) is 11.1 Å². The molecule has 0 radical (unpaired) electrons. The van der Waals surface area contributed by atoms with E-state index in [9.17, 15) is 9.65 Å². The van der Waals surface area contributed by atoms with E-state index in [0.717, 1.165) is 17.1 Å². The number of ether oxygens (including phenoxy) is 1. The molecule has 3 nitrogen and oxygen atoms in total. The number of aromatic nitrogens is 1. The van der Waals surface area contributed by atoms with Crippen molar-refractivity contribution in [2.75, 3.05) is 0 Å². The lowest BCUT2D eigenvalue weighted by atomic mass is 10.1. The monoisotopic (exact) mass is 344 g/mol. The van der Waals surface area contributed by atoms with Crippen LogP contribution in [0.25, 0.3) is 11.3 Å². The largest absolute Gasteiger partial charge is 0.443 e. The second-order valence-corrected chi connectivity index (χ2v) is 5.97. The van der Waals surface area contributed by atoms with E-state index < -0.39 is 5.82 Å². The van der Waals surface area contributed by atoms with E-state index in [-0.39, 0.29) is 16.8 Å². The van der Waals surface area contributed by atoms with Gasteiger partial charge in [0.15, 0.2) is 0 Å². The fraction of sp³-hybridized carbons (Fsp3) is 0.0588. The van der Waals surface area contributed by atoms with E-state index in [0.29, 0.717) is 15.8 Å². The van der Waals surface area contributed by atoms with Gasteiger partial charge in [-0.3, -0.25) is 0 Å². The minimum atomic E-state index is -0.431. The Morgan fingerprint density at radius 1 is 1.26 bits per heavy atom. The molecule has 0 atom stereocenters. The summed E-state index contributed by atoms with van der Waals surface area (Å²) in [4.78, 5) is 0. The molecule has 1 aromatic heterocycles. The van der Waals surface area contributed by atoms with Crippen LogP contribution in [0.4, 0.5) is 4.39 Å². The van der Waals surface area contributed by atoms with Crippen LogP contribution < -0.4 is 4.74 Å². The second-order valence-electron chi connectivity index (χ2n) is 4.80. The lowest BCUT2D eigenvalue weighted by molar-refractivity contribution is 0.491. The number of nitrogens with zero attached hydrogens (tertiary/aromatic N) is 2. The SMILES string of the molecule is Cc1ccc(Cl)cc1Oc1snc(-c2ccccc2F)c1C#N. The molecule has 114 valence electrons. The van der Waals surface area contributed by atoms with E-state index in [1.54, 1.807) is 30.3 Å². The van der Waals surface area contributed by atoms with Crippen molar-refractivity contribution >= 4 is 23.1 Å². The summed E-state index contributed by atoms with van der Waals surface area (Å²) in [5.74, 6) is 0.109.